The van der Waals surface area contributed by atoms with E-state index in [2.05, 4.69) is 12.2 Å². The highest BCUT2D eigenvalue weighted by molar-refractivity contribution is 6.03. The molecule has 1 N–H and O–H groups in total. The Morgan fingerprint density at radius 3 is 2.42 bits per heavy atom. The molecule has 0 aromatic carbocycles. The van der Waals surface area contributed by atoms with Crippen LogP contribution in [0, 0.1) is 17.3 Å². The lowest BCUT2D eigenvalue weighted by Gasteiger charge is -2.24. The van der Waals surface area contributed by atoms with Crippen LogP contribution in [0.2, 0.25) is 0 Å². The summed E-state index contributed by atoms with van der Waals surface area (Å²) in [6.45, 7) is 11.2. The Hall–Kier alpha value is -1.59. The molecule has 0 bridgehead atoms. The molecule has 2 fully saturated rings. The van der Waals surface area contributed by atoms with Gasteiger partial charge in [-0.2, -0.15) is 0 Å². The molecule has 4 amide bonds. The second kappa shape index (κ2) is 8.87. The molecule has 6 heteroatoms. The molecule has 0 aromatic rings. The number of urea groups is 1. The third-order valence-corrected chi connectivity index (χ3v) is 5.59. The Bertz CT molecular complexity index is 527. The Balaban J connectivity index is 1.56. The van der Waals surface area contributed by atoms with Gasteiger partial charge in [0, 0.05) is 32.6 Å². The summed E-state index contributed by atoms with van der Waals surface area (Å²) in [4.78, 5) is 39.8. The van der Waals surface area contributed by atoms with Gasteiger partial charge >= 0.3 is 6.03 Å². The number of hydrogen-bond donors (Lipinski definition) is 1. The van der Waals surface area contributed by atoms with Gasteiger partial charge in [0.05, 0.1) is 5.92 Å². The van der Waals surface area contributed by atoms with Gasteiger partial charge in [-0.25, -0.2) is 4.79 Å². The fourth-order valence-corrected chi connectivity index (χ4v) is 3.77. The molecule has 148 valence electrons. The summed E-state index contributed by atoms with van der Waals surface area (Å²) in [5.74, 6) is 0.393. The van der Waals surface area contributed by atoms with Crippen molar-refractivity contribution in [2.45, 2.75) is 66.2 Å². The smallest absolute Gasteiger partial charge is 0.317 e. The summed E-state index contributed by atoms with van der Waals surface area (Å²) in [5, 5.41) is 2.98. The zero-order valence-electron chi connectivity index (χ0n) is 16.8. The molecule has 0 radical (unpaired) electrons. The van der Waals surface area contributed by atoms with Gasteiger partial charge in [0.2, 0.25) is 11.8 Å². The lowest BCUT2D eigenvalue weighted by molar-refractivity contribution is -0.140. The molecule has 0 aromatic heterocycles. The minimum absolute atomic E-state index is 0.00500. The lowest BCUT2D eigenvalue weighted by atomic mass is 9.80. The molecular weight excluding hydrogens is 330 g/mol. The third kappa shape index (κ3) is 5.45. The number of rotatable bonds is 7. The van der Waals surface area contributed by atoms with Crippen LogP contribution in [-0.4, -0.2) is 53.8 Å². The number of hydrogen-bond acceptors (Lipinski definition) is 3. The van der Waals surface area contributed by atoms with E-state index in [1.807, 2.05) is 25.7 Å². The average Bonchev–Trinajstić information content (AvgIpc) is 3.11. The van der Waals surface area contributed by atoms with Crippen molar-refractivity contribution < 1.29 is 14.4 Å². The van der Waals surface area contributed by atoms with Gasteiger partial charge in [0.15, 0.2) is 0 Å². The van der Waals surface area contributed by atoms with E-state index >= 15 is 0 Å². The van der Waals surface area contributed by atoms with Crippen molar-refractivity contribution in [2.24, 2.45) is 17.3 Å². The molecule has 26 heavy (non-hydrogen) atoms. The van der Waals surface area contributed by atoms with Gasteiger partial charge in [0.1, 0.15) is 0 Å². The standard InChI is InChI=1S/C20H35N3O3/c1-15-9-12-22(14-15)19(26)21-10-7-5-6-8-11-23-17(24)13-16(18(23)25)20(2,3)4/h15-16H,5-14H2,1-4H3,(H,21,26)/t15-,16?/m0/s1. The summed E-state index contributed by atoms with van der Waals surface area (Å²) < 4.78 is 0. The first-order chi connectivity index (χ1) is 12.2. The molecule has 2 rings (SSSR count). The van der Waals surface area contributed by atoms with Crippen molar-refractivity contribution in [3.63, 3.8) is 0 Å². The van der Waals surface area contributed by atoms with Gasteiger partial charge in [-0.3, -0.25) is 14.5 Å². The molecule has 2 aliphatic rings. The summed E-state index contributed by atoms with van der Waals surface area (Å²) in [7, 11) is 0. The van der Waals surface area contributed by atoms with Gasteiger partial charge < -0.3 is 10.2 Å². The Kier molecular flexibility index (Phi) is 7.07. The number of imide groups is 1. The van der Waals surface area contributed by atoms with Crippen LogP contribution >= 0.6 is 0 Å². The second-order valence-electron chi connectivity index (χ2n) is 8.99. The highest BCUT2D eigenvalue weighted by Gasteiger charge is 2.44. The van der Waals surface area contributed by atoms with E-state index in [0.717, 1.165) is 45.2 Å². The highest BCUT2D eigenvalue weighted by atomic mass is 16.2. The van der Waals surface area contributed by atoms with Crippen LogP contribution in [0.1, 0.15) is 66.2 Å². The molecule has 2 atom stereocenters. The van der Waals surface area contributed by atoms with E-state index < -0.39 is 0 Å². The SMILES string of the molecule is C[C@H]1CCN(C(=O)NCCCCCCN2C(=O)CC(C(C)(C)C)C2=O)C1. The first-order valence-electron chi connectivity index (χ1n) is 10.1. The van der Waals surface area contributed by atoms with Crippen LogP contribution < -0.4 is 5.32 Å². The predicted octanol–water partition coefficient (Wildman–Crippen LogP) is 3.02. The molecule has 0 saturated carbocycles. The van der Waals surface area contributed by atoms with Crippen molar-refractivity contribution in [3.05, 3.63) is 0 Å². The van der Waals surface area contributed by atoms with Gasteiger partial charge in [0.25, 0.3) is 0 Å². The average molecular weight is 366 g/mol. The Labute approximate surface area is 157 Å². The van der Waals surface area contributed by atoms with Crippen LogP contribution in [-0.2, 0) is 9.59 Å². The number of unbranched alkanes of at least 4 members (excludes halogenated alkanes) is 3. The Morgan fingerprint density at radius 2 is 1.85 bits per heavy atom. The first-order valence-corrected chi connectivity index (χ1v) is 10.1. The first kappa shape index (κ1) is 20.7. The summed E-state index contributed by atoms with van der Waals surface area (Å²) in [6.07, 6.45) is 5.18. The van der Waals surface area contributed by atoms with Gasteiger partial charge in [-0.05, 0) is 30.6 Å². The topological polar surface area (TPSA) is 69.7 Å². The van der Waals surface area contributed by atoms with E-state index in [1.165, 1.54) is 4.90 Å². The van der Waals surface area contributed by atoms with Crippen molar-refractivity contribution >= 4 is 17.8 Å². The number of amides is 4. The molecule has 2 heterocycles. The second-order valence-corrected chi connectivity index (χ2v) is 8.99. The monoisotopic (exact) mass is 365 g/mol. The molecule has 2 aliphatic heterocycles. The molecule has 1 unspecified atom stereocenters. The van der Waals surface area contributed by atoms with Gasteiger partial charge in [-0.15, -0.1) is 0 Å². The lowest BCUT2D eigenvalue weighted by Crippen LogP contribution is -2.38. The number of carbonyl (C=O) groups excluding carboxylic acids is 3. The van der Waals surface area contributed by atoms with Crippen molar-refractivity contribution in [2.75, 3.05) is 26.2 Å². The maximum atomic E-state index is 12.4. The number of nitrogens with one attached hydrogen (secondary N) is 1. The van der Waals surface area contributed by atoms with Crippen LogP contribution in [0.5, 0.6) is 0 Å². The molecule has 0 spiro atoms. The number of carbonyl (C=O) groups is 3. The Morgan fingerprint density at radius 1 is 1.15 bits per heavy atom. The van der Waals surface area contributed by atoms with Crippen LogP contribution in [0.25, 0.3) is 0 Å². The third-order valence-electron chi connectivity index (χ3n) is 5.59. The van der Waals surface area contributed by atoms with E-state index in [4.69, 9.17) is 0 Å². The van der Waals surface area contributed by atoms with E-state index in [1.54, 1.807) is 0 Å². The summed E-state index contributed by atoms with van der Waals surface area (Å²) in [6, 6.07) is 0.0517. The van der Waals surface area contributed by atoms with Crippen LogP contribution in [0.3, 0.4) is 0 Å². The summed E-state index contributed by atoms with van der Waals surface area (Å²) >= 11 is 0. The fraction of sp³-hybridized carbons (Fsp3) is 0.850. The molecule has 2 saturated heterocycles. The number of nitrogens with zero attached hydrogens (tertiary/aromatic N) is 2. The normalized spacial score (nSPS) is 23.8. The van der Waals surface area contributed by atoms with Crippen LogP contribution in [0.15, 0.2) is 0 Å². The highest BCUT2D eigenvalue weighted by Crippen LogP contribution is 2.35. The van der Waals surface area contributed by atoms with Crippen molar-refractivity contribution in [1.29, 1.82) is 0 Å². The molecular formula is C20H35N3O3. The maximum Gasteiger partial charge on any atom is 0.317 e. The van der Waals surface area contributed by atoms with Crippen molar-refractivity contribution in [3.8, 4) is 0 Å². The van der Waals surface area contributed by atoms with E-state index in [9.17, 15) is 14.4 Å². The van der Waals surface area contributed by atoms with Crippen molar-refractivity contribution in [1.82, 2.24) is 15.1 Å². The predicted molar refractivity (Wildman–Crippen MR) is 102 cm³/mol. The number of likely N-dealkylation sites (tertiary alicyclic amines) is 2. The zero-order chi connectivity index (χ0) is 19.3. The van der Waals surface area contributed by atoms with Gasteiger partial charge in [-0.1, -0.05) is 40.5 Å². The maximum absolute atomic E-state index is 12.4. The summed E-state index contributed by atoms with van der Waals surface area (Å²) in [5.41, 5.74) is -0.160. The fourth-order valence-electron chi connectivity index (χ4n) is 3.77. The van der Waals surface area contributed by atoms with E-state index in [0.29, 0.717) is 25.4 Å². The minimum atomic E-state index is -0.182. The largest absolute Gasteiger partial charge is 0.338 e. The molecule has 6 nitrogen and oxygen atoms in total. The minimum Gasteiger partial charge on any atom is -0.338 e. The molecule has 0 aliphatic carbocycles. The van der Waals surface area contributed by atoms with Crippen LogP contribution in [0.4, 0.5) is 4.79 Å². The zero-order valence-corrected chi connectivity index (χ0v) is 16.8. The quantitative estimate of drug-likeness (QED) is 0.557. The van der Waals surface area contributed by atoms with E-state index in [-0.39, 0.29) is 29.2 Å².